The maximum absolute atomic E-state index is 14.3. The molecular weight excluding hydrogens is 436 g/mol. The predicted molar refractivity (Wildman–Crippen MR) is 127 cm³/mol. The number of pyridine rings is 2. The summed E-state index contributed by atoms with van der Waals surface area (Å²) in [6.07, 6.45) is 5.06. The van der Waals surface area contributed by atoms with Gasteiger partial charge in [-0.15, -0.1) is 0 Å². The molecule has 3 heterocycles. The van der Waals surface area contributed by atoms with Gasteiger partial charge >= 0.3 is 0 Å². The van der Waals surface area contributed by atoms with E-state index in [1.54, 1.807) is 31.8 Å². The molecule has 0 aliphatic carbocycles. The molecule has 170 valence electrons. The Bertz CT molecular complexity index is 1480. The molecule has 3 aromatic heterocycles. The zero-order valence-electron chi connectivity index (χ0n) is 18.6. The van der Waals surface area contributed by atoms with Crippen LogP contribution >= 0.6 is 0 Å². The molecule has 5 rings (SSSR count). The van der Waals surface area contributed by atoms with Gasteiger partial charge in [0.1, 0.15) is 28.4 Å². The standard InChI is InChI=1S/C26H21F2N5O/c1-16-13-30-24(20-11-18(27)5-8-21(20)28)12-23(16)32-22-9-10-29-25-14-31-33(26(22)25)15-17-3-6-19(34-2)7-4-17/h3-14H,15H2,1-2H3,(H,29,30,32). The van der Waals surface area contributed by atoms with E-state index >= 15 is 0 Å². The van der Waals surface area contributed by atoms with E-state index < -0.39 is 11.6 Å². The van der Waals surface area contributed by atoms with E-state index in [4.69, 9.17) is 4.74 Å². The smallest absolute Gasteiger partial charge is 0.132 e. The Morgan fingerprint density at radius 3 is 2.56 bits per heavy atom. The van der Waals surface area contributed by atoms with Crippen molar-refractivity contribution < 1.29 is 13.5 Å². The monoisotopic (exact) mass is 457 g/mol. The largest absolute Gasteiger partial charge is 0.497 e. The second-order valence-electron chi connectivity index (χ2n) is 7.88. The van der Waals surface area contributed by atoms with Crippen molar-refractivity contribution in [2.24, 2.45) is 0 Å². The first-order chi connectivity index (χ1) is 16.5. The van der Waals surface area contributed by atoms with Crippen LogP contribution in [0.1, 0.15) is 11.1 Å². The second-order valence-corrected chi connectivity index (χ2v) is 7.88. The number of anilines is 2. The number of nitrogens with one attached hydrogen (secondary N) is 1. The molecule has 0 saturated carbocycles. The average Bonchev–Trinajstić information content (AvgIpc) is 3.26. The molecule has 5 aromatic rings. The fraction of sp³-hybridized carbons (Fsp3) is 0.115. The third-order valence-corrected chi connectivity index (χ3v) is 5.60. The van der Waals surface area contributed by atoms with Gasteiger partial charge in [-0.2, -0.15) is 5.10 Å². The van der Waals surface area contributed by atoms with Crippen molar-refractivity contribution in [1.82, 2.24) is 19.7 Å². The summed E-state index contributed by atoms with van der Waals surface area (Å²) in [5, 5.41) is 7.94. The average molecular weight is 457 g/mol. The second kappa shape index (κ2) is 8.90. The van der Waals surface area contributed by atoms with Gasteiger partial charge in [-0.3, -0.25) is 14.6 Å². The number of aryl methyl sites for hydroxylation is 1. The number of nitrogens with zero attached hydrogens (tertiary/aromatic N) is 4. The van der Waals surface area contributed by atoms with Crippen LogP contribution in [0.5, 0.6) is 5.75 Å². The third kappa shape index (κ3) is 4.17. The van der Waals surface area contributed by atoms with Crippen molar-refractivity contribution in [2.45, 2.75) is 13.5 Å². The van der Waals surface area contributed by atoms with Crippen molar-refractivity contribution in [1.29, 1.82) is 0 Å². The van der Waals surface area contributed by atoms with Gasteiger partial charge in [0.05, 0.1) is 31.2 Å². The lowest BCUT2D eigenvalue weighted by atomic mass is 10.1. The molecule has 0 bridgehead atoms. The number of halogens is 2. The van der Waals surface area contributed by atoms with Crippen LogP contribution in [0.4, 0.5) is 20.2 Å². The summed E-state index contributed by atoms with van der Waals surface area (Å²) >= 11 is 0. The van der Waals surface area contributed by atoms with Crippen LogP contribution in [0.25, 0.3) is 22.3 Å². The van der Waals surface area contributed by atoms with Crippen LogP contribution in [-0.2, 0) is 6.54 Å². The van der Waals surface area contributed by atoms with Gasteiger partial charge in [0.25, 0.3) is 0 Å². The maximum atomic E-state index is 14.3. The van der Waals surface area contributed by atoms with Crippen LogP contribution in [0.2, 0.25) is 0 Å². The first-order valence-corrected chi connectivity index (χ1v) is 10.6. The number of ether oxygens (including phenoxy) is 1. The molecule has 34 heavy (non-hydrogen) atoms. The summed E-state index contributed by atoms with van der Waals surface area (Å²) in [4.78, 5) is 8.74. The highest BCUT2D eigenvalue weighted by molar-refractivity contribution is 5.90. The Morgan fingerprint density at radius 2 is 1.76 bits per heavy atom. The van der Waals surface area contributed by atoms with Gasteiger partial charge in [0.15, 0.2) is 0 Å². The molecular formula is C26H21F2N5O. The molecule has 6 nitrogen and oxygen atoms in total. The molecule has 1 N–H and O–H groups in total. The van der Waals surface area contributed by atoms with Crippen LogP contribution in [0.3, 0.4) is 0 Å². The molecule has 0 radical (unpaired) electrons. The van der Waals surface area contributed by atoms with E-state index in [1.807, 2.05) is 41.9 Å². The normalized spacial score (nSPS) is 11.1. The maximum Gasteiger partial charge on any atom is 0.132 e. The van der Waals surface area contributed by atoms with Crippen LogP contribution in [-0.4, -0.2) is 26.9 Å². The van der Waals surface area contributed by atoms with Crippen molar-refractivity contribution in [2.75, 3.05) is 12.4 Å². The number of hydrogen-bond acceptors (Lipinski definition) is 5. The number of methoxy groups -OCH3 is 1. The molecule has 0 spiro atoms. The Morgan fingerprint density at radius 1 is 0.941 bits per heavy atom. The Labute approximate surface area is 194 Å². The third-order valence-electron chi connectivity index (χ3n) is 5.60. The first-order valence-electron chi connectivity index (χ1n) is 10.6. The Hall–Kier alpha value is -4.33. The van der Waals surface area contributed by atoms with Gasteiger partial charge in [-0.25, -0.2) is 8.78 Å². The Balaban J connectivity index is 1.52. The van der Waals surface area contributed by atoms with E-state index in [2.05, 4.69) is 20.4 Å². The first kappa shape index (κ1) is 21.5. The van der Waals surface area contributed by atoms with Crippen LogP contribution in [0.15, 0.2) is 73.2 Å². The quantitative estimate of drug-likeness (QED) is 0.345. The highest BCUT2D eigenvalue weighted by Crippen LogP contribution is 2.30. The number of rotatable bonds is 6. The van der Waals surface area contributed by atoms with Gasteiger partial charge in [-0.05, 0) is 60.5 Å². The van der Waals surface area contributed by atoms with Crippen LogP contribution < -0.4 is 10.1 Å². The summed E-state index contributed by atoms with van der Waals surface area (Å²) in [6, 6.07) is 14.7. The van der Waals surface area contributed by atoms with Crippen molar-refractivity contribution >= 4 is 22.4 Å². The van der Waals surface area contributed by atoms with Crippen molar-refractivity contribution in [3.63, 3.8) is 0 Å². The minimum Gasteiger partial charge on any atom is -0.497 e. The number of hydrogen-bond donors (Lipinski definition) is 1. The highest BCUT2D eigenvalue weighted by atomic mass is 19.1. The van der Waals surface area contributed by atoms with E-state index in [1.165, 1.54) is 0 Å². The van der Waals surface area contributed by atoms with Crippen LogP contribution in [0, 0.1) is 18.6 Å². The zero-order chi connectivity index (χ0) is 23.7. The molecule has 0 fully saturated rings. The number of aromatic nitrogens is 4. The summed E-state index contributed by atoms with van der Waals surface area (Å²) in [6.45, 7) is 2.44. The SMILES string of the molecule is COc1ccc(Cn2ncc3nccc(Nc4cc(-c5cc(F)ccc5F)ncc4C)c32)cc1. The molecule has 0 aliphatic heterocycles. The molecule has 0 saturated heterocycles. The topological polar surface area (TPSA) is 64.9 Å². The van der Waals surface area contributed by atoms with E-state index in [0.29, 0.717) is 12.2 Å². The Kier molecular flexibility index (Phi) is 5.63. The zero-order valence-corrected chi connectivity index (χ0v) is 18.6. The lowest BCUT2D eigenvalue weighted by molar-refractivity contribution is 0.414. The minimum absolute atomic E-state index is 0.104. The van der Waals surface area contributed by atoms with Gasteiger partial charge < -0.3 is 10.1 Å². The summed E-state index contributed by atoms with van der Waals surface area (Å²) < 4.78 is 35.2. The fourth-order valence-corrected chi connectivity index (χ4v) is 3.79. The van der Waals surface area contributed by atoms with Gasteiger partial charge in [0, 0.05) is 23.6 Å². The lowest BCUT2D eigenvalue weighted by Gasteiger charge is -2.14. The number of fused-ring (bicyclic) bond motifs is 1. The molecule has 8 heteroatoms. The fourth-order valence-electron chi connectivity index (χ4n) is 3.79. The van der Waals surface area contributed by atoms with Gasteiger partial charge in [-0.1, -0.05) is 12.1 Å². The van der Waals surface area contributed by atoms with E-state index in [0.717, 1.165) is 57.5 Å². The van der Waals surface area contributed by atoms with E-state index in [-0.39, 0.29) is 5.56 Å². The van der Waals surface area contributed by atoms with E-state index in [9.17, 15) is 8.78 Å². The van der Waals surface area contributed by atoms with Crippen molar-refractivity contribution in [3.05, 3.63) is 95.9 Å². The lowest BCUT2D eigenvalue weighted by Crippen LogP contribution is -2.04. The summed E-state index contributed by atoms with van der Waals surface area (Å²) in [5.41, 5.74) is 5.43. The van der Waals surface area contributed by atoms with Gasteiger partial charge in [0.2, 0.25) is 0 Å². The minimum atomic E-state index is -0.535. The molecule has 0 atom stereocenters. The van der Waals surface area contributed by atoms with Crippen molar-refractivity contribution in [3.8, 4) is 17.0 Å². The molecule has 2 aromatic carbocycles. The molecule has 0 unspecified atom stereocenters. The predicted octanol–water partition coefficient (Wildman–Crippen LogP) is 5.88. The summed E-state index contributed by atoms with van der Waals surface area (Å²) in [5.74, 6) is -0.268. The summed E-state index contributed by atoms with van der Waals surface area (Å²) in [7, 11) is 1.63. The molecule has 0 aliphatic rings. The molecule has 0 amide bonds. The highest BCUT2D eigenvalue weighted by Gasteiger charge is 2.14. The number of benzene rings is 2.